The van der Waals surface area contributed by atoms with E-state index in [1.54, 1.807) is 0 Å². The van der Waals surface area contributed by atoms with Crippen molar-refractivity contribution < 1.29 is 4.79 Å². The van der Waals surface area contributed by atoms with Gasteiger partial charge in [-0.2, -0.15) is 0 Å². The van der Waals surface area contributed by atoms with Gasteiger partial charge in [0.2, 0.25) is 0 Å². The molecule has 0 bridgehead atoms. The molecule has 2 unspecified atom stereocenters. The summed E-state index contributed by atoms with van der Waals surface area (Å²) < 4.78 is 1.90. The third-order valence-corrected chi connectivity index (χ3v) is 5.06. The van der Waals surface area contributed by atoms with Crippen LogP contribution in [0.3, 0.4) is 0 Å². The van der Waals surface area contributed by atoms with Gasteiger partial charge in [-0.1, -0.05) is 12.8 Å². The van der Waals surface area contributed by atoms with Gasteiger partial charge in [-0.15, -0.1) is 0 Å². The Balaban J connectivity index is 2.09. The Kier molecular flexibility index (Phi) is 5.65. The fraction of sp³-hybridized carbons (Fsp3) is 0.500. The van der Waals surface area contributed by atoms with E-state index in [2.05, 4.69) is 43.8 Å². The number of benzene rings is 1. The van der Waals surface area contributed by atoms with Gasteiger partial charge >= 0.3 is 0 Å². The SMILES string of the molecule is NCC1CCCCC1NC(=O)c1cc(I)ccc1Br. The van der Waals surface area contributed by atoms with E-state index >= 15 is 0 Å². The van der Waals surface area contributed by atoms with E-state index in [1.807, 2.05) is 18.2 Å². The number of rotatable bonds is 3. The molecule has 0 saturated heterocycles. The summed E-state index contributed by atoms with van der Waals surface area (Å²) in [6.45, 7) is 0.651. The van der Waals surface area contributed by atoms with Crippen LogP contribution < -0.4 is 11.1 Å². The molecule has 2 rings (SSSR count). The van der Waals surface area contributed by atoms with Gasteiger partial charge in [0.1, 0.15) is 0 Å². The molecule has 1 fully saturated rings. The summed E-state index contributed by atoms with van der Waals surface area (Å²) in [6, 6.07) is 6.01. The third-order valence-electron chi connectivity index (χ3n) is 3.70. The molecular weight excluding hydrogens is 419 g/mol. The second-order valence-electron chi connectivity index (χ2n) is 4.98. The summed E-state index contributed by atoms with van der Waals surface area (Å²) in [6.07, 6.45) is 4.56. The van der Waals surface area contributed by atoms with Gasteiger partial charge in [-0.05, 0) is 82.0 Å². The summed E-state index contributed by atoms with van der Waals surface area (Å²) in [5, 5.41) is 3.15. The Morgan fingerprint density at radius 1 is 1.42 bits per heavy atom. The number of carbonyl (C=O) groups is 1. The Hall–Kier alpha value is -0.140. The molecule has 1 aromatic carbocycles. The van der Waals surface area contributed by atoms with Crippen molar-refractivity contribution in [2.75, 3.05) is 6.54 Å². The molecule has 1 aromatic rings. The predicted molar refractivity (Wildman–Crippen MR) is 89.1 cm³/mol. The Bertz CT molecular complexity index is 467. The lowest BCUT2D eigenvalue weighted by Gasteiger charge is -2.31. The number of nitrogens with one attached hydrogen (secondary N) is 1. The average molecular weight is 437 g/mol. The Labute approximate surface area is 136 Å². The van der Waals surface area contributed by atoms with Crippen LogP contribution in [0.2, 0.25) is 0 Å². The monoisotopic (exact) mass is 436 g/mol. The molecule has 0 heterocycles. The number of halogens is 2. The van der Waals surface area contributed by atoms with Crippen molar-refractivity contribution in [3.8, 4) is 0 Å². The van der Waals surface area contributed by atoms with Crippen LogP contribution in [0.4, 0.5) is 0 Å². The van der Waals surface area contributed by atoms with Gasteiger partial charge in [0.05, 0.1) is 5.56 Å². The van der Waals surface area contributed by atoms with Crippen LogP contribution in [0.15, 0.2) is 22.7 Å². The molecule has 104 valence electrons. The van der Waals surface area contributed by atoms with Crippen LogP contribution in [0.25, 0.3) is 0 Å². The second kappa shape index (κ2) is 7.04. The number of hydrogen-bond donors (Lipinski definition) is 2. The fourth-order valence-electron chi connectivity index (χ4n) is 2.60. The molecule has 19 heavy (non-hydrogen) atoms. The summed E-state index contributed by atoms with van der Waals surface area (Å²) in [7, 11) is 0. The topological polar surface area (TPSA) is 55.1 Å². The smallest absolute Gasteiger partial charge is 0.252 e. The first-order valence-electron chi connectivity index (χ1n) is 6.58. The summed E-state index contributed by atoms with van der Waals surface area (Å²) in [4.78, 5) is 12.4. The molecular formula is C14H18BrIN2O. The molecule has 0 aromatic heterocycles. The van der Waals surface area contributed by atoms with Gasteiger partial charge in [0.25, 0.3) is 5.91 Å². The van der Waals surface area contributed by atoms with Crippen molar-refractivity contribution >= 4 is 44.4 Å². The minimum Gasteiger partial charge on any atom is -0.349 e. The summed E-state index contributed by atoms with van der Waals surface area (Å²) in [5.74, 6) is 0.412. The lowest BCUT2D eigenvalue weighted by atomic mass is 9.84. The maximum Gasteiger partial charge on any atom is 0.252 e. The molecule has 1 aliphatic carbocycles. The molecule has 0 radical (unpaired) electrons. The fourth-order valence-corrected chi connectivity index (χ4v) is 3.52. The molecule has 3 N–H and O–H groups in total. The van der Waals surface area contributed by atoms with Crippen molar-refractivity contribution in [1.29, 1.82) is 0 Å². The van der Waals surface area contributed by atoms with Gasteiger partial charge in [-0.3, -0.25) is 4.79 Å². The lowest BCUT2D eigenvalue weighted by molar-refractivity contribution is 0.0907. The van der Waals surface area contributed by atoms with Crippen molar-refractivity contribution in [2.24, 2.45) is 11.7 Å². The molecule has 1 amide bonds. The van der Waals surface area contributed by atoms with E-state index < -0.39 is 0 Å². The first-order chi connectivity index (χ1) is 9.11. The molecule has 3 nitrogen and oxygen atoms in total. The predicted octanol–water partition coefficient (Wildman–Crippen LogP) is 3.30. The molecule has 2 atom stereocenters. The summed E-state index contributed by atoms with van der Waals surface area (Å²) >= 11 is 5.66. The van der Waals surface area contributed by atoms with Crippen molar-refractivity contribution in [1.82, 2.24) is 5.32 Å². The van der Waals surface area contributed by atoms with Crippen molar-refractivity contribution in [2.45, 2.75) is 31.7 Å². The van der Waals surface area contributed by atoms with Gasteiger partial charge < -0.3 is 11.1 Å². The maximum atomic E-state index is 12.4. The minimum absolute atomic E-state index is 0.00394. The maximum absolute atomic E-state index is 12.4. The van der Waals surface area contributed by atoms with Crippen LogP contribution in [0.5, 0.6) is 0 Å². The molecule has 0 aliphatic heterocycles. The van der Waals surface area contributed by atoms with E-state index in [9.17, 15) is 4.79 Å². The highest BCUT2D eigenvalue weighted by atomic mass is 127. The van der Waals surface area contributed by atoms with Gasteiger partial charge in [-0.25, -0.2) is 0 Å². The lowest BCUT2D eigenvalue weighted by Crippen LogP contribution is -2.44. The van der Waals surface area contributed by atoms with E-state index in [0.29, 0.717) is 18.0 Å². The highest BCUT2D eigenvalue weighted by Crippen LogP contribution is 2.25. The molecule has 1 aliphatic rings. The number of amides is 1. The molecule has 0 spiro atoms. The normalized spacial score (nSPS) is 23.1. The van der Waals surface area contributed by atoms with E-state index in [4.69, 9.17) is 5.73 Å². The van der Waals surface area contributed by atoms with E-state index in [0.717, 1.165) is 20.9 Å². The number of nitrogens with two attached hydrogens (primary N) is 1. The van der Waals surface area contributed by atoms with Gasteiger partial charge in [0, 0.05) is 14.1 Å². The van der Waals surface area contributed by atoms with Crippen molar-refractivity contribution in [3.63, 3.8) is 0 Å². The molecule has 1 saturated carbocycles. The number of hydrogen-bond acceptors (Lipinski definition) is 2. The first-order valence-corrected chi connectivity index (χ1v) is 8.45. The zero-order valence-corrected chi connectivity index (χ0v) is 14.4. The van der Waals surface area contributed by atoms with Crippen molar-refractivity contribution in [3.05, 3.63) is 31.8 Å². The minimum atomic E-state index is -0.00394. The molecule has 5 heteroatoms. The van der Waals surface area contributed by atoms with Gasteiger partial charge in [0.15, 0.2) is 0 Å². The van der Waals surface area contributed by atoms with Crippen LogP contribution in [0, 0.1) is 9.49 Å². The van der Waals surface area contributed by atoms with E-state index in [1.165, 1.54) is 12.8 Å². The van der Waals surface area contributed by atoms with Crippen LogP contribution >= 0.6 is 38.5 Å². The summed E-state index contributed by atoms with van der Waals surface area (Å²) in [5.41, 5.74) is 6.50. The van der Waals surface area contributed by atoms with Crippen LogP contribution in [0.1, 0.15) is 36.0 Å². The standard InChI is InChI=1S/C14H18BrIN2O/c15-12-6-5-10(16)7-11(12)14(19)18-13-4-2-1-3-9(13)8-17/h5-7,9,13H,1-4,8,17H2,(H,18,19). The first kappa shape index (κ1) is 15.3. The zero-order chi connectivity index (χ0) is 13.8. The Morgan fingerprint density at radius 3 is 2.89 bits per heavy atom. The highest BCUT2D eigenvalue weighted by molar-refractivity contribution is 14.1. The average Bonchev–Trinajstić information content (AvgIpc) is 2.42. The largest absolute Gasteiger partial charge is 0.349 e. The zero-order valence-electron chi connectivity index (χ0n) is 10.7. The second-order valence-corrected chi connectivity index (χ2v) is 7.08. The highest BCUT2D eigenvalue weighted by Gasteiger charge is 2.26. The van der Waals surface area contributed by atoms with Crippen LogP contribution in [-0.2, 0) is 0 Å². The van der Waals surface area contributed by atoms with Crippen LogP contribution in [-0.4, -0.2) is 18.5 Å². The third kappa shape index (κ3) is 3.92. The van der Waals surface area contributed by atoms with E-state index in [-0.39, 0.29) is 11.9 Å². The Morgan fingerprint density at radius 2 is 2.16 bits per heavy atom. The quantitative estimate of drug-likeness (QED) is 0.714. The number of carbonyl (C=O) groups excluding carboxylic acids is 1.